The van der Waals surface area contributed by atoms with Crippen LogP contribution in [0.3, 0.4) is 0 Å². The minimum atomic E-state index is -0.892. The van der Waals surface area contributed by atoms with Crippen LogP contribution in [0.15, 0.2) is 43.0 Å². The number of hydrogen-bond donors (Lipinski definition) is 3. The second kappa shape index (κ2) is 10.6. The summed E-state index contributed by atoms with van der Waals surface area (Å²) in [5.74, 6) is -0.284. The van der Waals surface area contributed by atoms with Gasteiger partial charge in [-0.2, -0.15) is 0 Å². The Morgan fingerprint density at radius 2 is 1.78 bits per heavy atom. The Hall–Kier alpha value is -3.26. The second-order valence-electron chi connectivity index (χ2n) is 11.4. The topological polar surface area (TPSA) is 103 Å². The Morgan fingerprint density at radius 3 is 2.46 bits per heavy atom. The van der Waals surface area contributed by atoms with Crippen LogP contribution in [-0.2, 0) is 15.0 Å². The first-order valence-electron chi connectivity index (χ1n) is 13.6. The van der Waals surface area contributed by atoms with Crippen LogP contribution in [0.2, 0.25) is 0 Å². The average molecular weight is 503 g/mol. The summed E-state index contributed by atoms with van der Waals surface area (Å²) in [6.07, 6.45) is 12.0. The number of rotatable bonds is 6. The van der Waals surface area contributed by atoms with Crippen LogP contribution in [0.5, 0.6) is 0 Å². The molecule has 8 heteroatoms. The zero-order valence-electron chi connectivity index (χ0n) is 22.1. The van der Waals surface area contributed by atoms with Crippen molar-refractivity contribution in [3.63, 3.8) is 0 Å². The molecule has 3 aromatic rings. The molecular formula is C29H38N6O2. The Balaban J connectivity index is 1.61. The zero-order chi connectivity index (χ0) is 26.0. The number of nitrogens with zero attached hydrogens (tertiary/aromatic N) is 3. The number of fused-ring (bicyclic) bond motifs is 1. The number of anilines is 1. The minimum absolute atomic E-state index is 0.0251. The van der Waals surface area contributed by atoms with E-state index in [4.69, 9.17) is 0 Å². The first-order valence-corrected chi connectivity index (χ1v) is 13.6. The van der Waals surface area contributed by atoms with E-state index in [1.165, 1.54) is 12.0 Å². The van der Waals surface area contributed by atoms with Gasteiger partial charge in [-0.05, 0) is 55.3 Å². The van der Waals surface area contributed by atoms with Crippen LogP contribution < -0.4 is 15.5 Å². The first-order chi connectivity index (χ1) is 17.8. The molecule has 196 valence electrons. The van der Waals surface area contributed by atoms with Crippen molar-refractivity contribution in [2.45, 2.75) is 89.3 Å². The fourth-order valence-corrected chi connectivity index (χ4v) is 5.60. The van der Waals surface area contributed by atoms with E-state index >= 15 is 0 Å². The third-order valence-corrected chi connectivity index (χ3v) is 7.72. The normalized spacial score (nSPS) is 19.6. The average Bonchev–Trinajstić information content (AvgIpc) is 3.60. The molecule has 2 aliphatic rings. The smallest absolute Gasteiger partial charge is 0.248 e. The summed E-state index contributed by atoms with van der Waals surface area (Å²) in [5.41, 5.74) is 3.86. The van der Waals surface area contributed by atoms with Gasteiger partial charge in [-0.3, -0.25) is 19.5 Å². The van der Waals surface area contributed by atoms with Crippen LogP contribution in [-0.4, -0.2) is 45.4 Å². The molecule has 2 aromatic heterocycles. The summed E-state index contributed by atoms with van der Waals surface area (Å²) in [6.45, 7) is 7.29. The van der Waals surface area contributed by atoms with Crippen LogP contribution in [0, 0.1) is 0 Å². The summed E-state index contributed by atoms with van der Waals surface area (Å²) in [4.78, 5) is 42.0. The standard InChI is InChI=1S/C29H38N6O2/c1-29(2,3)19-11-13-21(14-12-19)35(28(37)23-10-7-15-31-23)26(27(36)34-20-8-5-4-6-9-20)22-16-30-17-24-25(22)33-18-32-24/h11-14,16-18,20,23,26,31H,4-10,15H2,1-3H3,(H,32,33)(H,34,36). The number of H-pyrrole nitrogens is 1. The number of carbonyl (C=O) groups is 2. The zero-order valence-corrected chi connectivity index (χ0v) is 22.1. The van der Waals surface area contributed by atoms with Crippen LogP contribution in [0.4, 0.5) is 5.69 Å². The van der Waals surface area contributed by atoms with Gasteiger partial charge in [0.1, 0.15) is 6.04 Å². The van der Waals surface area contributed by atoms with E-state index in [9.17, 15) is 9.59 Å². The van der Waals surface area contributed by atoms with Gasteiger partial charge in [0.05, 0.1) is 29.6 Å². The number of pyridine rings is 1. The van der Waals surface area contributed by atoms with Crippen molar-refractivity contribution in [2.75, 3.05) is 11.4 Å². The second-order valence-corrected chi connectivity index (χ2v) is 11.4. The van der Waals surface area contributed by atoms with Gasteiger partial charge in [0.25, 0.3) is 0 Å². The lowest BCUT2D eigenvalue weighted by molar-refractivity contribution is -0.128. The summed E-state index contributed by atoms with van der Waals surface area (Å²) in [6, 6.07) is 6.93. The molecule has 1 aliphatic heterocycles. The summed E-state index contributed by atoms with van der Waals surface area (Å²) in [5, 5.41) is 6.63. The van der Waals surface area contributed by atoms with Crippen molar-refractivity contribution in [1.82, 2.24) is 25.6 Å². The van der Waals surface area contributed by atoms with Crippen molar-refractivity contribution >= 4 is 28.5 Å². The molecule has 2 fully saturated rings. The third-order valence-electron chi connectivity index (χ3n) is 7.72. The Bertz CT molecular complexity index is 1230. The van der Waals surface area contributed by atoms with Crippen molar-refractivity contribution in [1.29, 1.82) is 0 Å². The molecule has 0 spiro atoms. The number of nitrogens with one attached hydrogen (secondary N) is 3. The highest BCUT2D eigenvalue weighted by Crippen LogP contribution is 2.34. The van der Waals surface area contributed by atoms with E-state index in [0.29, 0.717) is 16.8 Å². The molecule has 2 amide bonds. The fourth-order valence-electron chi connectivity index (χ4n) is 5.60. The number of imidazole rings is 1. The molecule has 5 rings (SSSR count). The maximum absolute atomic E-state index is 14.1. The molecule has 3 N–H and O–H groups in total. The number of hydrogen-bond acceptors (Lipinski definition) is 5. The summed E-state index contributed by atoms with van der Waals surface area (Å²) < 4.78 is 0. The van der Waals surface area contributed by atoms with E-state index in [-0.39, 0.29) is 29.3 Å². The SMILES string of the molecule is CC(C)(C)c1ccc(N(C(=O)C2CCCN2)C(C(=O)NC2CCCCC2)c2cncc3[nH]cnc23)cc1. The molecule has 2 atom stereocenters. The summed E-state index contributed by atoms with van der Waals surface area (Å²) >= 11 is 0. The Morgan fingerprint density at radius 1 is 1.03 bits per heavy atom. The lowest BCUT2D eigenvalue weighted by Gasteiger charge is -2.35. The molecule has 3 heterocycles. The molecule has 1 saturated carbocycles. The first kappa shape index (κ1) is 25.4. The molecule has 8 nitrogen and oxygen atoms in total. The molecule has 37 heavy (non-hydrogen) atoms. The van der Waals surface area contributed by atoms with Crippen molar-refractivity contribution in [3.05, 3.63) is 54.1 Å². The lowest BCUT2D eigenvalue weighted by Crippen LogP contribution is -2.51. The maximum Gasteiger partial charge on any atom is 0.248 e. The predicted molar refractivity (Wildman–Crippen MR) is 145 cm³/mol. The molecular weight excluding hydrogens is 464 g/mol. The Labute approximate surface area is 218 Å². The van der Waals surface area contributed by atoms with Gasteiger partial charge in [0, 0.05) is 23.5 Å². The molecule has 1 aromatic carbocycles. The fraction of sp³-hybridized carbons (Fsp3) is 0.517. The highest BCUT2D eigenvalue weighted by molar-refractivity contribution is 6.05. The molecule has 1 aliphatic carbocycles. The molecule has 1 saturated heterocycles. The van der Waals surface area contributed by atoms with Gasteiger partial charge in [-0.1, -0.05) is 52.2 Å². The van der Waals surface area contributed by atoms with E-state index in [1.54, 1.807) is 23.6 Å². The van der Waals surface area contributed by atoms with E-state index < -0.39 is 6.04 Å². The van der Waals surface area contributed by atoms with Crippen LogP contribution in [0.1, 0.15) is 82.9 Å². The minimum Gasteiger partial charge on any atom is -0.351 e. The van der Waals surface area contributed by atoms with Gasteiger partial charge in [-0.25, -0.2) is 4.98 Å². The van der Waals surface area contributed by atoms with Crippen LogP contribution >= 0.6 is 0 Å². The van der Waals surface area contributed by atoms with Crippen LogP contribution in [0.25, 0.3) is 11.0 Å². The monoisotopic (exact) mass is 502 g/mol. The highest BCUT2D eigenvalue weighted by atomic mass is 16.2. The third kappa shape index (κ3) is 5.39. The predicted octanol–water partition coefficient (Wildman–Crippen LogP) is 4.53. The largest absolute Gasteiger partial charge is 0.351 e. The van der Waals surface area contributed by atoms with E-state index in [2.05, 4.69) is 58.5 Å². The Kier molecular flexibility index (Phi) is 7.29. The molecule has 0 radical (unpaired) electrons. The molecule has 2 unspecified atom stereocenters. The number of aromatic nitrogens is 3. The highest BCUT2D eigenvalue weighted by Gasteiger charge is 2.39. The number of amides is 2. The van der Waals surface area contributed by atoms with Gasteiger partial charge >= 0.3 is 0 Å². The number of aromatic amines is 1. The van der Waals surface area contributed by atoms with Crippen molar-refractivity contribution in [2.24, 2.45) is 0 Å². The maximum atomic E-state index is 14.1. The number of benzene rings is 1. The van der Waals surface area contributed by atoms with Crippen molar-refractivity contribution < 1.29 is 9.59 Å². The van der Waals surface area contributed by atoms with E-state index in [1.807, 2.05) is 12.1 Å². The van der Waals surface area contributed by atoms with Gasteiger partial charge < -0.3 is 15.6 Å². The lowest BCUT2D eigenvalue weighted by atomic mass is 9.87. The van der Waals surface area contributed by atoms with Crippen molar-refractivity contribution in [3.8, 4) is 0 Å². The van der Waals surface area contributed by atoms with Gasteiger partial charge in [0.2, 0.25) is 11.8 Å². The quantitative estimate of drug-likeness (QED) is 0.460. The summed E-state index contributed by atoms with van der Waals surface area (Å²) in [7, 11) is 0. The molecule has 0 bridgehead atoms. The number of carbonyl (C=O) groups excluding carboxylic acids is 2. The van der Waals surface area contributed by atoms with Gasteiger partial charge in [-0.15, -0.1) is 0 Å². The van der Waals surface area contributed by atoms with E-state index in [0.717, 1.165) is 50.6 Å². The van der Waals surface area contributed by atoms with Gasteiger partial charge in [0.15, 0.2) is 0 Å².